The summed E-state index contributed by atoms with van der Waals surface area (Å²) >= 11 is 1.39. The van der Waals surface area contributed by atoms with Crippen LogP contribution in [0.1, 0.15) is 42.4 Å². The van der Waals surface area contributed by atoms with Crippen LogP contribution in [-0.2, 0) is 0 Å². The molecule has 0 saturated carbocycles. The van der Waals surface area contributed by atoms with Gasteiger partial charge in [-0.1, -0.05) is 13.8 Å². The van der Waals surface area contributed by atoms with Gasteiger partial charge in [0.05, 0.1) is 16.9 Å². The second-order valence-electron chi connectivity index (χ2n) is 5.48. The Hall–Kier alpha value is -1.73. The number of thiophene rings is 1. The monoisotopic (exact) mass is 350 g/mol. The molecule has 1 N–H and O–H groups in total. The van der Waals surface area contributed by atoms with Gasteiger partial charge in [-0.25, -0.2) is 9.97 Å². The third kappa shape index (κ3) is 4.21. The number of carbonyl (C=O) groups excluding carboxylic acids is 1. The zero-order valence-electron chi connectivity index (χ0n) is 14.9. The Morgan fingerprint density at radius 1 is 1.29 bits per heavy atom. The average Bonchev–Trinajstić information content (AvgIpc) is 2.93. The first kappa shape index (κ1) is 18.6. The molecule has 0 aliphatic heterocycles. The largest absolute Gasteiger partial charge is 0.477 e. The molecule has 132 valence electrons. The number of nitrogens with zero attached hydrogens (tertiary/aromatic N) is 3. The van der Waals surface area contributed by atoms with E-state index in [9.17, 15) is 4.79 Å². The smallest absolute Gasteiger partial charge is 0.261 e. The van der Waals surface area contributed by atoms with Gasteiger partial charge >= 0.3 is 0 Å². The van der Waals surface area contributed by atoms with E-state index in [2.05, 4.69) is 34.0 Å². The molecule has 2 aromatic rings. The van der Waals surface area contributed by atoms with Crippen LogP contribution in [0.5, 0.6) is 5.88 Å². The number of hydrogen-bond acceptors (Lipinski definition) is 6. The molecule has 0 fully saturated rings. The predicted molar refractivity (Wildman–Crippen MR) is 98.1 cm³/mol. The zero-order chi connectivity index (χ0) is 17.5. The fourth-order valence-electron chi connectivity index (χ4n) is 2.63. The molecule has 0 spiro atoms. The highest BCUT2D eigenvalue weighted by molar-refractivity contribution is 7.20. The fraction of sp³-hybridized carbons (Fsp3) is 0.588. The van der Waals surface area contributed by atoms with Crippen molar-refractivity contribution in [1.82, 2.24) is 20.2 Å². The minimum absolute atomic E-state index is 0.0440. The number of aromatic nitrogens is 2. The average molecular weight is 350 g/mol. The lowest BCUT2D eigenvalue weighted by atomic mass is 10.2. The highest BCUT2D eigenvalue weighted by Crippen LogP contribution is 2.34. The zero-order valence-corrected chi connectivity index (χ0v) is 15.7. The second kappa shape index (κ2) is 8.94. The summed E-state index contributed by atoms with van der Waals surface area (Å²) in [6, 6.07) is 0. The Labute approximate surface area is 147 Å². The highest BCUT2D eigenvalue weighted by atomic mass is 32.1. The van der Waals surface area contributed by atoms with Crippen molar-refractivity contribution in [1.29, 1.82) is 0 Å². The van der Waals surface area contributed by atoms with E-state index in [0.717, 1.165) is 41.8 Å². The Morgan fingerprint density at radius 2 is 2.04 bits per heavy atom. The molecule has 0 bridgehead atoms. The van der Waals surface area contributed by atoms with E-state index in [4.69, 9.17) is 4.74 Å². The lowest BCUT2D eigenvalue weighted by Crippen LogP contribution is -2.29. The Balaban J connectivity index is 2.05. The number of rotatable bonds is 9. The molecule has 7 heteroatoms. The topological polar surface area (TPSA) is 67.3 Å². The van der Waals surface area contributed by atoms with Gasteiger partial charge in [0.25, 0.3) is 5.91 Å². The molecule has 0 aromatic carbocycles. The van der Waals surface area contributed by atoms with Crippen LogP contribution in [0.4, 0.5) is 0 Å². The standard InChI is InChI=1S/C17H26N4O2S/c1-5-21(6-2)10-8-9-18-15(22)14-12(4)13-16(23-7-3)19-11-20-17(13)24-14/h11H,5-10H2,1-4H3,(H,18,22). The third-order valence-electron chi connectivity index (χ3n) is 4.01. The van der Waals surface area contributed by atoms with Gasteiger partial charge in [-0.2, -0.15) is 0 Å². The molecule has 0 radical (unpaired) electrons. The van der Waals surface area contributed by atoms with Crippen LogP contribution < -0.4 is 10.1 Å². The minimum Gasteiger partial charge on any atom is -0.477 e. The van der Waals surface area contributed by atoms with E-state index in [1.165, 1.54) is 17.7 Å². The van der Waals surface area contributed by atoms with Crippen LogP contribution in [0.15, 0.2) is 6.33 Å². The molecule has 0 atom stereocenters. The number of ether oxygens (including phenoxy) is 1. The summed E-state index contributed by atoms with van der Waals surface area (Å²) in [5.41, 5.74) is 0.889. The van der Waals surface area contributed by atoms with E-state index >= 15 is 0 Å². The van der Waals surface area contributed by atoms with Gasteiger partial charge in [-0.3, -0.25) is 4.79 Å². The minimum atomic E-state index is -0.0440. The summed E-state index contributed by atoms with van der Waals surface area (Å²) in [6.07, 6.45) is 2.43. The van der Waals surface area contributed by atoms with Crippen LogP contribution in [0.25, 0.3) is 10.2 Å². The molecule has 1 amide bonds. The van der Waals surface area contributed by atoms with E-state index < -0.39 is 0 Å². The lowest BCUT2D eigenvalue weighted by Gasteiger charge is -2.17. The first-order chi connectivity index (χ1) is 11.6. The molecule has 6 nitrogen and oxygen atoms in total. The number of carbonyl (C=O) groups is 1. The molecule has 0 unspecified atom stereocenters. The van der Waals surface area contributed by atoms with Crippen molar-refractivity contribution in [3.05, 3.63) is 16.8 Å². The number of fused-ring (bicyclic) bond motifs is 1. The van der Waals surface area contributed by atoms with E-state index in [0.29, 0.717) is 23.9 Å². The number of amides is 1. The molecule has 0 saturated heterocycles. The van der Waals surface area contributed by atoms with Gasteiger partial charge in [-0.05, 0) is 45.5 Å². The Kier molecular flexibility index (Phi) is 6.93. The summed E-state index contributed by atoms with van der Waals surface area (Å²) in [7, 11) is 0. The molecule has 2 heterocycles. The first-order valence-electron chi connectivity index (χ1n) is 8.49. The van der Waals surface area contributed by atoms with Gasteiger partial charge in [0.15, 0.2) is 0 Å². The van der Waals surface area contributed by atoms with Gasteiger partial charge in [0.1, 0.15) is 11.2 Å². The summed E-state index contributed by atoms with van der Waals surface area (Å²) in [4.78, 5) is 24.8. The quantitative estimate of drug-likeness (QED) is 0.704. The molecule has 2 aromatic heterocycles. The number of hydrogen-bond donors (Lipinski definition) is 1. The third-order valence-corrected chi connectivity index (χ3v) is 5.21. The fourth-order valence-corrected chi connectivity index (χ4v) is 3.68. The van der Waals surface area contributed by atoms with Crippen molar-refractivity contribution in [3.63, 3.8) is 0 Å². The molecule has 2 rings (SSSR count). The molecule has 0 aliphatic carbocycles. The van der Waals surface area contributed by atoms with Crippen LogP contribution in [0, 0.1) is 6.92 Å². The van der Waals surface area contributed by atoms with Crippen LogP contribution in [0.3, 0.4) is 0 Å². The van der Waals surface area contributed by atoms with E-state index in [-0.39, 0.29) is 5.91 Å². The van der Waals surface area contributed by atoms with Gasteiger partial charge in [0, 0.05) is 6.54 Å². The highest BCUT2D eigenvalue weighted by Gasteiger charge is 2.19. The molecular formula is C17H26N4O2S. The van der Waals surface area contributed by atoms with Crippen molar-refractivity contribution >= 4 is 27.5 Å². The summed E-state index contributed by atoms with van der Waals surface area (Å²) in [5, 5.41) is 3.86. The lowest BCUT2D eigenvalue weighted by molar-refractivity contribution is 0.0955. The summed E-state index contributed by atoms with van der Waals surface area (Å²) < 4.78 is 5.56. The normalized spacial score (nSPS) is 11.2. The SMILES string of the molecule is CCOc1ncnc2sc(C(=O)NCCCN(CC)CC)c(C)c12. The Bertz CT molecular complexity index is 683. The van der Waals surface area contributed by atoms with Crippen molar-refractivity contribution in [2.24, 2.45) is 0 Å². The predicted octanol–water partition coefficient (Wildman–Crippen LogP) is 2.86. The van der Waals surface area contributed by atoms with Crippen LogP contribution in [-0.4, -0.2) is 53.6 Å². The van der Waals surface area contributed by atoms with Crippen molar-refractivity contribution in [2.75, 3.05) is 32.8 Å². The Morgan fingerprint density at radius 3 is 2.71 bits per heavy atom. The number of aryl methyl sites for hydroxylation is 1. The van der Waals surface area contributed by atoms with Gasteiger partial charge < -0.3 is 15.0 Å². The molecule has 0 aliphatic rings. The van der Waals surface area contributed by atoms with Crippen molar-refractivity contribution in [2.45, 2.75) is 34.1 Å². The van der Waals surface area contributed by atoms with Crippen LogP contribution >= 0.6 is 11.3 Å². The maximum absolute atomic E-state index is 12.5. The number of nitrogens with one attached hydrogen (secondary N) is 1. The van der Waals surface area contributed by atoms with Gasteiger partial charge in [-0.15, -0.1) is 11.3 Å². The van der Waals surface area contributed by atoms with E-state index in [1.54, 1.807) is 0 Å². The maximum atomic E-state index is 12.5. The second-order valence-corrected chi connectivity index (χ2v) is 6.48. The van der Waals surface area contributed by atoms with Gasteiger partial charge in [0.2, 0.25) is 5.88 Å². The van der Waals surface area contributed by atoms with Crippen LogP contribution in [0.2, 0.25) is 0 Å². The van der Waals surface area contributed by atoms with Crippen molar-refractivity contribution < 1.29 is 9.53 Å². The van der Waals surface area contributed by atoms with Crippen molar-refractivity contribution in [3.8, 4) is 5.88 Å². The van der Waals surface area contributed by atoms with E-state index in [1.807, 2.05) is 13.8 Å². The first-order valence-corrected chi connectivity index (χ1v) is 9.31. The molecule has 24 heavy (non-hydrogen) atoms. The molecular weight excluding hydrogens is 324 g/mol. The summed E-state index contributed by atoms with van der Waals surface area (Å²) in [6.45, 7) is 12.4. The maximum Gasteiger partial charge on any atom is 0.261 e. The summed E-state index contributed by atoms with van der Waals surface area (Å²) in [5.74, 6) is 0.509.